The second-order valence-corrected chi connectivity index (χ2v) is 6.85. The summed E-state index contributed by atoms with van der Waals surface area (Å²) in [7, 11) is 0. The van der Waals surface area contributed by atoms with Gasteiger partial charge in [0, 0.05) is 17.4 Å². The third-order valence-electron chi connectivity index (χ3n) is 4.45. The summed E-state index contributed by atoms with van der Waals surface area (Å²) in [6.45, 7) is 2.45. The van der Waals surface area contributed by atoms with Gasteiger partial charge < -0.3 is 10.2 Å². The maximum Gasteiger partial charge on any atom is 0.252 e. The Morgan fingerprint density at radius 1 is 1.24 bits per heavy atom. The van der Waals surface area contributed by atoms with Gasteiger partial charge in [0.25, 0.3) is 5.91 Å². The van der Waals surface area contributed by atoms with Gasteiger partial charge in [0.1, 0.15) is 5.54 Å². The summed E-state index contributed by atoms with van der Waals surface area (Å²) in [6, 6.07) is 5.96. The van der Waals surface area contributed by atoms with Crippen LogP contribution in [0.2, 0.25) is 0 Å². The zero-order chi connectivity index (χ0) is 15.0. The van der Waals surface area contributed by atoms with E-state index in [9.17, 15) is 9.59 Å². The standard InChI is InChI=1S/C16H19BrN2O2/c1-11-4-5-12(17)13(10-11)19-9-6-14(20)18-16(15(19)21)7-2-3-8-16/h4-5,10H,2-3,6-9H2,1H3,(H,18,20). The van der Waals surface area contributed by atoms with Gasteiger partial charge in [-0.15, -0.1) is 0 Å². The summed E-state index contributed by atoms with van der Waals surface area (Å²) in [5.74, 6) is 0.0219. The van der Waals surface area contributed by atoms with Crippen LogP contribution in [0.5, 0.6) is 0 Å². The van der Waals surface area contributed by atoms with Crippen LogP contribution in [0.15, 0.2) is 22.7 Å². The molecular formula is C16H19BrN2O2. The molecule has 2 aliphatic rings. The minimum absolute atomic E-state index is 0.0171. The molecule has 1 aromatic carbocycles. The maximum absolute atomic E-state index is 13.1. The Labute approximate surface area is 133 Å². The average Bonchev–Trinajstić information content (AvgIpc) is 2.87. The van der Waals surface area contributed by atoms with Gasteiger partial charge in [0.2, 0.25) is 5.91 Å². The molecule has 21 heavy (non-hydrogen) atoms. The molecule has 1 aromatic rings. The quantitative estimate of drug-likeness (QED) is 0.846. The summed E-state index contributed by atoms with van der Waals surface area (Å²) in [4.78, 5) is 26.9. The lowest BCUT2D eigenvalue weighted by Crippen LogP contribution is -2.55. The Bertz CT molecular complexity index is 594. The Morgan fingerprint density at radius 2 is 1.95 bits per heavy atom. The molecule has 5 heteroatoms. The highest BCUT2D eigenvalue weighted by Gasteiger charge is 2.46. The number of rotatable bonds is 1. The average molecular weight is 351 g/mol. The van der Waals surface area contributed by atoms with Crippen molar-refractivity contribution >= 4 is 33.4 Å². The molecule has 1 heterocycles. The molecule has 112 valence electrons. The van der Waals surface area contributed by atoms with Crippen LogP contribution in [0, 0.1) is 6.92 Å². The summed E-state index contributed by atoms with van der Waals surface area (Å²) in [5, 5.41) is 2.99. The molecule has 3 rings (SSSR count). The van der Waals surface area contributed by atoms with Crippen molar-refractivity contribution in [2.75, 3.05) is 11.4 Å². The lowest BCUT2D eigenvalue weighted by atomic mass is 9.95. The van der Waals surface area contributed by atoms with Crippen LogP contribution in [0.4, 0.5) is 5.69 Å². The number of benzene rings is 1. The number of carbonyl (C=O) groups is 2. The van der Waals surface area contributed by atoms with Gasteiger partial charge in [-0.05, 0) is 53.4 Å². The van der Waals surface area contributed by atoms with Crippen molar-refractivity contribution in [3.63, 3.8) is 0 Å². The molecule has 2 fully saturated rings. The maximum atomic E-state index is 13.1. The molecular weight excluding hydrogens is 332 g/mol. The first kappa shape index (κ1) is 14.6. The van der Waals surface area contributed by atoms with Crippen LogP contribution in [0.25, 0.3) is 0 Å². The highest BCUT2D eigenvalue weighted by Crippen LogP contribution is 2.36. The van der Waals surface area contributed by atoms with Crippen molar-refractivity contribution in [3.8, 4) is 0 Å². The van der Waals surface area contributed by atoms with E-state index in [1.165, 1.54) is 0 Å². The molecule has 0 radical (unpaired) electrons. The van der Waals surface area contributed by atoms with E-state index >= 15 is 0 Å². The smallest absolute Gasteiger partial charge is 0.252 e. The van der Waals surface area contributed by atoms with Crippen molar-refractivity contribution in [1.82, 2.24) is 5.32 Å². The zero-order valence-corrected chi connectivity index (χ0v) is 13.7. The number of hydrogen-bond donors (Lipinski definition) is 1. The van der Waals surface area contributed by atoms with Crippen LogP contribution >= 0.6 is 15.9 Å². The molecule has 0 atom stereocenters. The largest absolute Gasteiger partial charge is 0.342 e. The predicted octanol–water partition coefficient (Wildman–Crippen LogP) is 2.92. The Kier molecular flexibility index (Phi) is 3.78. The van der Waals surface area contributed by atoms with Gasteiger partial charge in [0.05, 0.1) is 5.69 Å². The van der Waals surface area contributed by atoms with Gasteiger partial charge in [-0.3, -0.25) is 9.59 Å². The Hall–Kier alpha value is -1.36. The van der Waals surface area contributed by atoms with Gasteiger partial charge in [-0.25, -0.2) is 0 Å². The molecule has 4 nitrogen and oxygen atoms in total. The van der Waals surface area contributed by atoms with Crippen molar-refractivity contribution in [2.45, 2.75) is 44.6 Å². The first-order valence-electron chi connectivity index (χ1n) is 7.41. The first-order valence-corrected chi connectivity index (χ1v) is 8.20. The summed E-state index contributed by atoms with van der Waals surface area (Å²) >= 11 is 3.53. The fourth-order valence-corrected chi connectivity index (χ4v) is 3.79. The van der Waals surface area contributed by atoms with Crippen molar-refractivity contribution in [2.24, 2.45) is 0 Å². The Morgan fingerprint density at radius 3 is 2.67 bits per heavy atom. The number of anilines is 1. The van der Waals surface area contributed by atoms with E-state index in [4.69, 9.17) is 0 Å². The SMILES string of the molecule is Cc1ccc(Br)c(N2CCC(=O)NC3(CCCC3)C2=O)c1. The van der Waals surface area contributed by atoms with Crippen LogP contribution in [0.1, 0.15) is 37.7 Å². The van der Waals surface area contributed by atoms with Gasteiger partial charge in [-0.2, -0.15) is 0 Å². The summed E-state index contributed by atoms with van der Waals surface area (Å²) < 4.78 is 0.893. The lowest BCUT2D eigenvalue weighted by Gasteiger charge is -2.32. The lowest BCUT2D eigenvalue weighted by molar-refractivity contribution is -0.129. The minimum atomic E-state index is -0.684. The second kappa shape index (κ2) is 5.44. The van der Waals surface area contributed by atoms with E-state index in [2.05, 4.69) is 21.2 Å². The topological polar surface area (TPSA) is 49.4 Å². The number of hydrogen-bond acceptors (Lipinski definition) is 2. The van der Waals surface area contributed by atoms with Crippen LogP contribution in [-0.4, -0.2) is 23.9 Å². The third kappa shape index (κ3) is 2.59. The molecule has 0 unspecified atom stereocenters. The molecule has 1 aliphatic carbocycles. The highest BCUT2D eigenvalue weighted by atomic mass is 79.9. The minimum Gasteiger partial charge on any atom is -0.342 e. The number of nitrogens with one attached hydrogen (secondary N) is 1. The monoisotopic (exact) mass is 350 g/mol. The second-order valence-electron chi connectivity index (χ2n) is 6.00. The predicted molar refractivity (Wildman–Crippen MR) is 85.2 cm³/mol. The highest BCUT2D eigenvalue weighted by molar-refractivity contribution is 9.10. The Balaban J connectivity index is 2.02. The van der Waals surface area contributed by atoms with Crippen LogP contribution in [-0.2, 0) is 9.59 Å². The number of carbonyl (C=O) groups excluding carboxylic acids is 2. The molecule has 1 spiro atoms. The van der Waals surface area contributed by atoms with E-state index < -0.39 is 5.54 Å². The van der Waals surface area contributed by atoms with Crippen LogP contribution < -0.4 is 10.2 Å². The molecule has 0 bridgehead atoms. The third-order valence-corrected chi connectivity index (χ3v) is 5.12. The fourth-order valence-electron chi connectivity index (χ4n) is 3.33. The van der Waals surface area contributed by atoms with E-state index in [-0.39, 0.29) is 11.8 Å². The number of amides is 2. The summed E-state index contributed by atoms with van der Waals surface area (Å²) in [5.41, 5.74) is 1.28. The van der Waals surface area contributed by atoms with Crippen molar-refractivity contribution in [3.05, 3.63) is 28.2 Å². The molecule has 0 aromatic heterocycles. The van der Waals surface area contributed by atoms with Gasteiger partial charge >= 0.3 is 0 Å². The van der Waals surface area contributed by atoms with Gasteiger partial charge in [-0.1, -0.05) is 18.9 Å². The van der Waals surface area contributed by atoms with Gasteiger partial charge in [0.15, 0.2) is 0 Å². The fraction of sp³-hybridized carbons (Fsp3) is 0.500. The van der Waals surface area contributed by atoms with E-state index in [0.29, 0.717) is 13.0 Å². The zero-order valence-electron chi connectivity index (χ0n) is 12.1. The normalized spacial score (nSPS) is 21.5. The molecule has 1 aliphatic heterocycles. The number of aryl methyl sites for hydroxylation is 1. The number of nitrogens with zero attached hydrogens (tertiary/aromatic N) is 1. The number of halogens is 1. The van der Waals surface area contributed by atoms with Crippen molar-refractivity contribution in [1.29, 1.82) is 0 Å². The van der Waals surface area contributed by atoms with Crippen LogP contribution in [0.3, 0.4) is 0 Å². The summed E-state index contributed by atoms with van der Waals surface area (Å²) in [6.07, 6.45) is 3.84. The van der Waals surface area contributed by atoms with Crippen molar-refractivity contribution < 1.29 is 9.59 Å². The van der Waals surface area contributed by atoms with E-state index in [1.54, 1.807) is 4.90 Å². The first-order chi connectivity index (χ1) is 10.0. The van der Waals surface area contributed by atoms with E-state index in [0.717, 1.165) is 41.4 Å². The molecule has 2 amide bonds. The molecule has 1 N–H and O–H groups in total. The molecule has 1 saturated heterocycles. The van der Waals surface area contributed by atoms with E-state index in [1.807, 2.05) is 25.1 Å². The molecule has 1 saturated carbocycles.